The second-order valence-corrected chi connectivity index (χ2v) is 4.48. The van der Waals surface area contributed by atoms with E-state index < -0.39 is 0 Å². The molecule has 3 heteroatoms. The van der Waals surface area contributed by atoms with E-state index in [1.54, 1.807) is 0 Å². The first-order valence-corrected chi connectivity index (χ1v) is 5.97. The van der Waals surface area contributed by atoms with Crippen LogP contribution in [0, 0.1) is 0 Å². The number of nitrogens with zero attached hydrogens (tertiary/aromatic N) is 1. The number of oxazole rings is 1. The summed E-state index contributed by atoms with van der Waals surface area (Å²) < 4.78 is 5.70. The maximum absolute atomic E-state index is 5.79. The number of hydrogen-bond acceptors (Lipinski definition) is 3. The minimum absolute atomic E-state index is 0.0922. The van der Waals surface area contributed by atoms with Gasteiger partial charge in [-0.2, -0.15) is 0 Å². The average molecular weight is 208 g/mol. The van der Waals surface area contributed by atoms with E-state index in [0.29, 0.717) is 11.8 Å². The van der Waals surface area contributed by atoms with Gasteiger partial charge in [0.15, 0.2) is 0 Å². The van der Waals surface area contributed by atoms with E-state index in [1.165, 1.54) is 31.4 Å². The fraction of sp³-hybridized carbons (Fsp3) is 0.750. The third-order valence-corrected chi connectivity index (χ3v) is 3.20. The van der Waals surface area contributed by atoms with Crippen molar-refractivity contribution in [1.29, 1.82) is 0 Å². The zero-order valence-corrected chi connectivity index (χ0v) is 9.62. The number of aryl methyl sites for hydroxylation is 1. The predicted molar refractivity (Wildman–Crippen MR) is 59.7 cm³/mol. The maximum atomic E-state index is 5.79. The molecule has 0 bridgehead atoms. The second kappa shape index (κ2) is 4.35. The third kappa shape index (κ3) is 2.07. The molecule has 0 saturated heterocycles. The van der Waals surface area contributed by atoms with Gasteiger partial charge in [0.1, 0.15) is 5.76 Å². The highest BCUT2D eigenvalue weighted by Crippen LogP contribution is 2.36. The van der Waals surface area contributed by atoms with Crippen LogP contribution in [-0.2, 0) is 6.42 Å². The van der Waals surface area contributed by atoms with E-state index in [2.05, 4.69) is 11.9 Å². The Kier molecular flexibility index (Phi) is 3.10. The van der Waals surface area contributed by atoms with E-state index in [-0.39, 0.29) is 6.04 Å². The summed E-state index contributed by atoms with van der Waals surface area (Å²) >= 11 is 0. The summed E-state index contributed by atoms with van der Waals surface area (Å²) in [6.45, 7) is 4.04. The summed E-state index contributed by atoms with van der Waals surface area (Å²) in [6, 6.07) is -0.0922. The zero-order valence-electron chi connectivity index (χ0n) is 9.62. The molecule has 1 unspecified atom stereocenters. The second-order valence-electron chi connectivity index (χ2n) is 4.48. The normalized spacial score (nSPS) is 19.7. The van der Waals surface area contributed by atoms with Crippen LogP contribution in [0.1, 0.15) is 68.8 Å². The summed E-state index contributed by atoms with van der Waals surface area (Å²) in [4.78, 5) is 4.57. The summed E-state index contributed by atoms with van der Waals surface area (Å²) in [7, 11) is 0. The Balaban J connectivity index is 2.27. The first-order chi connectivity index (χ1) is 7.22. The van der Waals surface area contributed by atoms with Gasteiger partial charge in [-0.25, -0.2) is 4.98 Å². The molecule has 0 amide bonds. The van der Waals surface area contributed by atoms with Crippen molar-refractivity contribution in [2.75, 3.05) is 0 Å². The first-order valence-electron chi connectivity index (χ1n) is 5.97. The topological polar surface area (TPSA) is 52.0 Å². The fourth-order valence-electron chi connectivity index (χ4n) is 2.35. The lowest BCUT2D eigenvalue weighted by Crippen LogP contribution is -2.05. The van der Waals surface area contributed by atoms with Gasteiger partial charge in [-0.15, -0.1) is 0 Å². The van der Waals surface area contributed by atoms with Crippen LogP contribution in [0.25, 0.3) is 0 Å². The van der Waals surface area contributed by atoms with Gasteiger partial charge >= 0.3 is 0 Å². The summed E-state index contributed by atoms with van der Waals surface area (Å²) in [5.41, 5.74) is 6.98. The monoisotopic (exact) mass is 208 g/mol. The van der Waals surface area contributed by atoms with E-state index in [4.69, 9.17) is 10.2 Å². The number of rotatable bonds is 3. The minimum atomic E-state index is -0.0922. The van der Waals surface area contributed by atoms with Crippen molar-refractivity contribution in [3.63, 3.8) is 0 Å². The molecule has 1 fully saturated rings. The molecule has 0 aromatic carbocycles. The zero-order chi connectivity index (χ0) is 10.8. The Bertz CT molecular complexity index is 324. The molecular weight excluding hydrogens is 188 g/mol. The lowest BCUT2D eigenvalue weighted by atomic mass is 10.0. The summed E-state index contributed by atoms with van der Waals surface area (Å²) in [5, 5.41) is 0. The van der Waals surface area contributed by atoms with Crippen molar-refractivity contribution in [3.05, 3.63) is 17.3 Å². The van der Waals surface area contributed by atoms with Gasteiger partial charge in [0, 0.05) is 12.3 Å². The number of nitrogens with two attached hydrogens (primary N) is 1. The van der Waals surface area contributed by atoms with Crippen LogP contribution in [0.2, 0.25) is 0 Å². The smallest absolute Gasteiger partial charge is 0.211 e. The molecule has 3 nitrogen and oxygen atoms in total. The Labute approximate surface area is 91.1 Å². The molecule has 0 spiro atoms. The highest BCUT2D eigenvalue weighted by Gasteiger charge is 2.25. The largest absolute Gasteiger partial charge is 0.444 e. The van der Waals surface area contributed by atoms with E-state index in [0.717, 1.165) is 12.2 Å². The van der Waals surface area contributed by atoms with Crippen LogP contribution in [0.15, 0.2) is 4.42 Å². The Morgan fingerprint density at radius 3 is 2.67 bits per heavy atom. The molecule has 1 saturated carbocycles. The van der Waals surface area contributed by atoms with Gasteiger partial charge in [0.05, 0.1) is 11.7 Å². The van der Waals surface area contributed by atoms with Crippen LogP contribution < -0.4 is 5.73 Å². The van der Waals surface area contributed by atoms with Crippen molar-refractivity contribution >= 4 is 0 Å². The van der Waals surface area contributed by atoms with Crippen molar-refractivity contribution in [2.24, 2.45) is 5.73 Å². The van der Waals surface area contributed by atoms with Gasteiger partial charge in [-0.1, -0.05) is 19.8 Å². The molecule has 15 heavy (non-hydrogen) atoms. The van der Waals surface area contributed by atoms with E-state index in [9.17, 15) is 0 Å². The van der Waals surface area contributed by atoms with Gasteiger partial charge in [-0.3, -0.25) is 0 Å². The predicted octanol–water partition coefficient (Wildman–Crippen LogP) is 2.91. The maximum Gasteiger partial charge on any atom is 0.211 e. The molecule has 0 radical (unpaired) electrons. The third-order valence-electron chi connectivity index (χ3n) is 3.20. The molecule has 0 aliphatic heterocycles. The van der Waals surface area contributed by atoms with Crippen molar-refractivity contribution in [1.82, 2.24) is 4.98 Å². The molecule has 2 rings (SSSR count). The average Bonchev–Trinajstić information content (AvgIpc) is 2.86. The van der Waals surface area contributed by atoms with Crippen LogP contribution in [0.5, 0.6) is 0 Å². The van der Waals surface area contributed by atoms with Crippen LogP contribution in [0.4, 0.5) is 0 Å². The Morgan fingerprint density at radius 2 is 2.13 bits per heavy atom. The van der Waals surface area contributed by atoms with Gasteiger partial charge in [-0.05, 0) is 19.8 Å². The lowest BCUT2D eigenvalue weighted by Gasteiger charge is -2.05. The standard InChI is InChI=1S/C12H20N2O/c1-3-10-11(9-6-4-5-7-9)14-12(15-10)8(2)13/h8-9H,3-7,13H2,1-2H3. The molecule has 84 valence electrons. The SMILES string of the molecule is CCc1oc(C(C)N)nc1C1CCCC1. The quantitative estimate of drug-likeness (QED) is 0.831. The van der Waals surface area contributed by atoms with E-state index in [1.807, 2.05) is 6.92 Å². The first kappa shape index (κ1) is 10.7. The fourth-order valence-corrected chi connectivity index (χ4v) is 2.35. The molecule has 1 aromatic heterocycles. The van der Waals surface area contributed by atoms with Crippen LogP contribution in [0.3, 0.4) is 0 Å². The molecule has 1 aliphatic carbocycles. The molecule has 2 N–H and O–H groups in total. The highest BCUT2D eigenvalue weighted by atomic mass is 16.4. The number of hydrogen-bond donors (Lipinski definition) is 1. The summed E-state index contributed by atoms with van der Waals surface area (Å²) in [5.74, 6) is 2.37. The minimum Gasteiger partial charge on any atom is -0.444 e. The van der Waals surface area contributed by atoms with Crippen molar-refractivity contribution in [2.45, 2.75) is 57.9 Å². The van der Waals surface area contributed by atoms with Gasteiger partial charge in [0.2, 0.25) is 5.89 Å². The van der Waals surface area contributed by atoms with Crippen LogP contribution in [-0.4, -0.2) is 4.98 Å². The lowest BCUT2D eigenvalue weighted by molar-refractivity contribution is 0.432. The molecule has 1 atom stereocenters. The summed E-state index contributed by atoms with van der Waals surface area (Å²) in [6.07, 6.45) is 6.10. The molecule has 1 heterocycles. The Morgan fingerprint density at radius 1 is 1.47 bits per heavy atom. The Hall–Kier alpha value is -0.830. The number of aromatic nitrogens is 1. The van der Waals surface area contributed by atoms with E-state index >= 15 is 0 Å². The van der Waals surface area contributed by atoms with Crippen LogP contribution >= 0.6 is 0 Å². The molecule has 1 aliphatic rings. The highest BCUT2D eigenvalue weighted by molar-refractivity contribution is 5.17. The molecular formula is C12H20N2O. The van der Waals surface area contributed by atoms with Gasteiger partial charge < -0.3 is 10.2 Å². The van der Waals surface area contributed by atoms with Gasteiger partial charge in [0.25, 0.3) is 0 Å². The van der Waals surface area contributed by atoms with Crippen molar-refractivity contribution < 1.29 is 4.42 Å². The molecule has 1 aromatic rings. The van der Waals surface area contributed by atoms with Crippen molar-refractivity contribution in [3.8, 4) is 0 Å².